The van der Waals surface area contributed by atoms with Gasteiger partial charge in [-0.3, -0.25) is 14.7 Å². The highest BCUT2D eigenvalue weighted by Crippen LogP contribution is 2.45. The second-order valence-corrected chi connectivity index (χ2v) is 10.6. The molecule has 12 heteroatoms. The highest BCUT2D eigenvalue weighted by molar-refractivity contribution is 6.00. The molecule has 1 saturated carbocycles. The smallest absolute Gasteiger partial charge is 0.291 e. The number of fused-ring (bicyclic) bond motifs is 3. The maximum Gasteiger partial charge on any atom is 0.291 e. The van der Waals surface area contributed by atoms with Crippen molar-refractivity contribution in [2.45, 2.75) is 69.5 Å². The predicted octanol–water partition coefficient (Wildman–Crippen LogP) is 2.82. The summed E-state index contributed by atoms with van der Waals surface area (Å²) in [5.74, 6) is 1.10. The van der Waals surface area contributed by atoms with Crippen molar-refractivity contribution in [3.05, 3.63) is 47.9 Å². The molecule has 2 aliphatic heterocycles. The van der Waals surface area contributed by atoms with Gasteiger partial charge in [0.2, 0.25) is 5.82 Å². The molecule has 1 amide bonds. The number of H-pyrrole nitrogens is 1. The summed E-state index contributed by atoms with van der Waals surface area (Å²) < 4.78 is 1.54. The molecule has 0 spiro atoms. The molecule has 0 unspecified atom stereocenters. The Morgan fingerprint density at radius 2 is 1.87 bits per heavy atom. The molecule has 38 heavy (non-hydrogen) atoms. The van der Waals surface area contributed by atoms with E-state index in [4.69, 9.17) is 10.7 Å². The van der Waals surface area contributed by atoms with E-state index in [2.05, 4.69) is 30.6 Å². The number of aromatic amines is 1. The van der Waals surface area contributed by atoms with Crippen molar-refractivity contribution in [2.24, 2.45) is 0 Å². The van der Waals surface area contributed by atoms with E-state index in [-0.39, 0.29) is 41.3 Å². The number of nitrogens with two attached hydrogens (primary N) is 1. The van der Waals surface area contributed by atoms with E-state index in [0.717, 1.165) is 29.8 Å². The average Bonchev–Trinajstić information content (AvgIpc) is 3.27. The van der Waals surface area contributed by atoms with Gasteiger partial charge < -0.3 is 16.0 Å². The number of rotatable bonds is 6. The molecule has 0 aromatic carbocycles. The minimum Gasteiger partial charge on any atom is -0.383 e. The fourth-order valence-corrected chi connectivity index (χ4v) is 6.13. The minimum absolute atomic E-state index is 0.0107. The Bertz CT molecular complexity index is 1530. The van der Waals surface area contributed by atoms with Crippen molar-refractivity contribution >= 4 is 29.0 Å². The summed E-state index contributed by atoms with van der Waals surface area (Å²) in [6.07, 6.45) is 10.4. The van der Waals surface area contributed by atoms with E-state index in [1.807, 2.05) is 23.2 Å². The van der Waals surface area contributed by atoms with Gasteiger partial charge in [-0.1, -0.05) is 0 Å². The first-order valence-electron chi connectivity index (χ1n) is 13.1. The molecule has 4 aromatic heterocycles. The minimum atomic E-state index is -0.145. The molecule has 1 aliphatic carbocycles. The summed E-state index contributed by atoms with van der Waals surface area (Å²) in [4.78, 5) is 41.5. The van der Waals surface area contributed by atoms with Gasteiger partial charge in [-0.2, -0.15) is 14.7 Å². The van der Waals surface area contributed by atoms with Crippen LogP contribution in [0.2, 0.25) is 0 Å². The Hall–Kier alpha value is -4.35. The second-order valence-electron chi connectivity index (χ2n) is 10.6. The molecule has 3 aliphatic rings. The van der Waals surface area contributed by atoms with Gasteiger partial charge >= 0.3 is 0 Å². The number of hydrogen-bond acceptors (Lipinski definition) is 9. The zero-order valence-electron chi connectivity index (χ0n) is 21.0. The Labute approximate surface area is 218 Å². The number of nitrogens with zero attached hydrogens (tertiary/aromatic N) is 7. The Morgan fingerprint density at radius 3 is 2.50 bits per heavy atom. The molecular weight excluding hydrogens is 484 g/mol. The third kappa shape index (κ3) is 3.70. The maximum atomic E-state index is 13.1. The van der Waals surface area contributed by atoms with Gasteiger partial charge in [0.1, 0.15) is 18.0 Å². The monoisotopic (exact) mass is 512 g/mol. The van der Waals surface area contributed by atoms with Crippen molar-refractivity contribution in [3.63, 3.8) is 0 Å². The number of aromatic nitrogens is 7. The number of carbonyl (C=O) groups excluding carboxylic acids is 2. The van der Waals surface area contributed by atoms with E-state index in [9.17, 15) is 9.59 Å². The maximum absolute atomic E-state index is 13.1. The molecule has 2 saturated heterocycles. The van der Waals surface area contributed by atoms with Crippen LogP contribution in [0.4, 0.5) is 11.6 Å². The Balaban J connectivity index is 1.25. The van der Waals surface area contributed by atoms with Gasteiger partial charge in [0.15, 0.2) is 11.4 Å². The van der Waals surface area contributed by atoms with Gasteiger partial charge in [-0.05, 0) is 57.6 Å². The number of hydrogen-bond donors (Lipinski definition) is 3. The van der Waals surface area contributed by atoms with Gasteiger partial charge in [0, 0.05) is 41.4 Å². The van der Waals surface area contributed by atoms with Crippen LogP contribution in [0, 0.1) is 0 Å². The quantitative estimate of drug-likeness (QED) is 0.330. The highest BCUT2D eigenvalue weighted by atomic mass is 16.2. The first-order chi connectivity index (χ1) is 18.5. The summed E-state index contributed by atoms with van der Waals surface area (Å²) in [6, 6.07) is 4.56. The van der Waals surface area contributed by atoms with Crippen LogP contribution in [0.15, 0.2) is 30.9 Å². The standard InChI is InChI=1S/C26H28N10O2/c1-13(37)21-22(15-8-17-5-6-18(9-15)35(17)26(38)24-29-12-30-34-24)33-25-19(11-31-36(25)23(21)27)14-2-7-20(28-10-14)32-16-3-4-16/h2,7,10-12,15-18H,3-6,8-9,27H2,1H3,(H,28,32)(H,29,30,34)/t15-,17-,18+. The van der Waals surface area contributed by atoms with E-state index in [1.54, 1.807) is 10.7 Å². The van der Waals surface area contributed by atoms with E-state index >= 15 is 0 Å². The lowest BCUT2D eigenvalue weighted by Crippen LogP contribution is -2.46. The molecule has 4 aromatic rings. The summed E-state index contributed by atoms with van der Waals surface area (Å²) in [5, 5.41) is 14.4. The number of ketones is 1. The van der Waals surface area contributed by atoms with E-state index in [0.29, 0.717) is 35.8 Å². The largest absolute Gasteiger partial charge is 0.383 e. The lowest BCUT2D eigenvalue weighted by Gasteiger charge is -2.38. The van der Waals surface area contributed by atoms with Crippen LogP contribution < -0.4 is 11.1 Å². The van der Waals surface area contributed by atoms with Crippen LogP contribution in [0.1, 0.15) is 78.0 Å². The van der Waals surface area contributed by atoms with Crippen LogP contribution in [0.25, 0.3) is 16.8 Å². The fourth-order valence-electron chi connectivity index (χ4n) is 6.13. The molecule has 6 heterocycles. The third-order valence-corrected chi connectivity index (χ3v) is 8.04. The van der Waals surface area contributed by atoms with E-state index < -0.39 is 0 Å². The number of anilines is 2. The highest BCUT2D eigenvalue weighted by Gasteiger charge is 2.45. The summed E-state index contributed by atoms with van der Waals surface area (Å²) in [5.41, 5.74) is 9.94. The van der Waals surface area contributed by atoms with Gasteiger partial charge in [-0.15, -0.1) is 0 Å². The zero-order chi connectivity index (χ0) is 26.0. The van der Waals surface area contributed by atoms with Gasteiger partial charge in [-0.25, -0.2) is 15.0 Å². The Morgan fingerprint density at radius 1 is 1.08 bits per heavy atom. The van der Waals surface area contributed by atoms with Gasteiger partial charge in [0.05, 0.1) is 17.5 Å². The van der Waals surface area contributed by atoms with Crippen LogP contribution >= 0.6 is 0 Å². The summed E-state index contributed by atoms with van der Waals surface area (Å²) in [6.45, 7) is 1.51. The normalized spacial score (nSPS) is 22.7. The van der Waals surface area contributed by atoms with Crippen LogP contribution in [0.3, 0.4) is 0 Å². The molecule has 3 fully saturated rings. The van der Waals surface area contributed by atoms with Crippen molar-refractivity contribution < 1.29 is 9.59 Å². The van der Waals surface area contributed by atoms with Crippen LogP contribution in [0.5, 0.6) is 0 Å². The number of amides is 1. The van der Waals surface area contributed by atoms with Crippen molar-refractivity contribution in [3.8, 4) is 11.1 Å². The molecule has 194 valence electrons. The number of carbonyl (C=O) groups is 2. The predicted molar refractivity (Wildman–Crippen MR) is 139 cm³/mol. The Kier molecular flexibility index (Phi) is 5.17. The molecule has 3 atom stereocenters. The SMILES string of the molecule is CC(=O)c1c([C@@H]2C[C@H]3CC[C@@H](C2)N3C(=O)c2ncn[nH]2)nc2c(-c3ccc(NC4CC4)nc3)cnn2c1N. The molecule has 12 nitrogen and oxygen atoms in total. The number of Topliss-reactive ketones (excluding diaryl/α,β-unsaturated/α-hetero) is 1. The summed E-state index contributed by atoms with van der Waals surface area (Å²) in [7, 11) is 0. The first kappa shape index (κ1) is 22.8. The molecular formula is C26H28N10O2. The average molecular weight is 513 g/mol. The number of nitrogen functional groups attached to an aromatic ring is 1. The van der Waals surface area contributed by atoms with E-state index in [1.165, 1.54) is 26.1 Å². The van der Waals surface area contributed by atoms with Crippen molar-refractivity contribution in [2.75, 3.05) is 11.1 Å². The van der Waals surface area contributed by atoms with Crippen LogP contribution in [-0.4, -0.2) is 69.5 Å². The van der Waals surface area contributed by atoms with Crippen LogP contribution in [-0.2, 0) is 0 Å². The summed E-state index contributed by atoms with van der Waals surface area (Å²) >= 11 is 0. The molecule has 0 radical (unpaired) electrons. The molecule has 4 N–H and O–H groups in total. The van der Waals surface area contributed by atoms with Crippen molar-refractivity contribution in [1.29, 1.82) is 0 Å². The lowest BCUT2D eigenvalue weighted by molar-refractivity contribution is 0.0556. The molecule has 2 bridgehead atoms. The zero-order valence-corrected chi connectivity index (χ0v) is 21.0. The number of nitrogens with one attached hydrogen (secondary N) is 2. The number of piperidine rings is 1. The lowest BCUT2D eigenvalue weighted by atomic mass is 9.85. The number of pyridine rings is 1. The van der Waals surface area contributed by atoms with Crippen molar-refractivity contribution in [1.82, 2.24) is 39.7 Å². The topological polar surface area (TPSA) is 160 Å². The second kappa shape index (κ2) is 8.61. The fraction of sp³-hybridized carbons (Fsp3) is 0.423. The van der Waals surface area contributed by atoms with Gasteiger partial charge in [0.25, 0.3) is 5.91 Å². The first-order valence-corrected chi connectivity index (χ1v) is 13.1. The third-order valence-electron chi connectivity index (χ3n) is 8.04. The molecule has 7 rings (SSSR count).